The molecule has 38 heavy (non-hydrogen) atoms. The predicted octanol–water partition coefficient (Wildman–Crippen LogP) is 5.83. The number of rotatable bonds is 6. The van der Waals surface area contributed by atoms with Crippen LogP contribution in [0.2, 0.25) is 0 Å². The van der Waals surface area contributed by atoms with E-state index in [1.54, 1.807) is 0 Å². The summed E-state index contributed by atoms with van der Waals surface area (Å²) in [5.41, 5.74) is 10.5. The van der Waals surface area contributed by atoms with Gasteiger partial charge in [0, 0.05) is 40.4 Å². The van der Waals surface area contributed by atoms with Gasteiger partial charge in [-0.05, 0) is 29.9 Å². The van der Waals surface area contributed by atoms with Crippen LogP contribution in [0.1, 0.15) is 62.6 Å². The second kappa shape index (κ2) is 10.00. The van der Waals surface area contributed by atoms with Crippen LogP contribution in [0.3, 0.4) is 0 Å². The molecule has 3 atom stereocenters. The zero-order valence-electron chi connectivity index (χ0n) is 21.6. The smallest absolute Gasteiger partial charge is 0.226 e. The quantitative estimate of drug-likeness (QED) is 0.239. The highest BCUT2D eigenvalue weighted by atomic mass is 32.1. The fraction of sp³-hybridized carbons (Fsp3) is 0.429. The molecule has 0 amide bonds. The van der Waals surface area contributed by atoms with Crippen molar-refractivity contribution in [2.75, 3.05) is 17.2 Å². The third-order valence-electron chi connectivity index (χ3n) is 8.07. The number of nitrogens with zero attached hydrogens (tertiary/aromatic N) is 5. The molecule has 0 spiro atoms. The van der Waals surface area contributed by atoms with Gasteiger partial charge in [-0.25, -0.2) is 14.4 Å². The van der Waals surface area contributed by atoms with Gasteiger partial charge in [-0.3, -0.25) is 4.98 Å². The van der Waals surface area contributed by atoms with Crippen molar-refractivity contribution in [3.63, 3.8) is 0 Å². The summed E-state index contributed by atoms with van der Waals surface area (Å²) in [7, 11) is 2.83. The third kappa shape index (κ3) is 3.93. The van der Waals surface area contributed by atoms with Crippen molar-refractivity contribution in [2.45, 2.75) is 65.2 Å². The lowest BCUT2D eigenvalue weighted by atomic mass is 9.94. The summed E-state index contributed by atoms with van der Waals surface area (Å²) in [4.78, 5) is 16.8. The molecule has 196 valence electrons. The number of anilines is 2. The molecule has 0 radical (unpaired) electrons. The van der Waals surface area contributed by atoms with Crippen LogP contribution in [-0.4, -0.2) is 27.5 Å². The first-order valence-corrected chi connectivity index (χ1v) is 14.5. The molecule has 0 bridgehead atoms. The van der Waals surface area contributed by atoms with Crippen molar-refractivity contribution in [3.8, 4) is 17.3 Å². The minimum absolute atomic E-state index is 0.258. The normalized spacial score (nSPS) is 19.0. The van der Waals surface area contributed by atoms with E-state index in [1.165, 1.54) is 25.5 Å². The Balaban J connectivity index is 1.55. The number of benzene rings is 1. The summed E-state index contributed by atoms with van der Waals surface area (Å²) in [5, 5.41) is 12.4. The minimum atomic E-state index is -0.484. The van der Waals surface area contributed by atoms with Gasteiger partial charge in [0.15, 0.2) is 5.82 Å². The fourth-order valence-electron chi connectivity index (χ4n) is 6.07. The van der Waals surface area contributed by atoms with E-state index >= 15 is 0 Å². The van der Waals surface area contributed by atoms with E-state index in [0.717, 1.165) is 69.6 Å². The molecule has 4 aromatic rings. The highest BCUT2D eigenvalue weighted by Gasteiger charge is 2.33. The second-order valence-electron chi connectivity index (χ2n) is 10.3. The molecular weight excluding hydrogens is 518 g/mol. The van der Waals surface area contributed by atoms with Crippen molar-refractivity contribution in [2.24, 2.45) is 5.92 Å². The number of nitrogen functional groups attached to an aromatic ring is 1. The molecule has 0 saturated carbocycles. The monoisotopic (exact) mass is 548 g/mol. The number of halogens is 1. The van der Waals surface area contributed by atoms with Crippen molar-refractivity contribution in [3.05, 3.63) is 34.9 Å². The Bertz CT molecular complexity index is 1620. The highest BCUT2D eigenvalue weighted by molar-refractivity contribution is 7.29. The summed E-state index contributed by atoms with van der Waals surface area (Å²) in [6.45, 7) is 6.33. The minimum Gasteiger partial charge on any atom is -0.389 e. The molecule has 2 N–H and O–H groups in total. The number of hydrogen-bond donors (Lipinski definition) is 1. The maximum absolute atomic E-state index is 14.8. The van der Waals surface area contributed by atoms with Crippen molar-refractivity contribution in [1.29, 1.82) is 5.26 Å². The topological polar surface area (TPSA) is 101 Å². The molecule has 2 aliphatic rings. The van der Waals surface area contributed by atoms with Crippen LogP contribution in [0.5, 0.6) is 0 Å². The van der Waals surface area contributed by atoms with Crippen LogP contribution < -0.4 is 15.9 Å². The van der Waals surface area contributed by atoms with Crippen molar-refractivity contribution < 1.29 is 9.13 Å². The summed E-state index contributed by atoms with van der Waals surface area (Å²) >= 11 is 1.08. The molecule has 0 aliphatic carbocycles. The lowest BCUT2D eigenvalue weighted by molar-refractivity contribution is 0.135. The van der Waals surface area contributed by atoms with E-state index in [-0.39, 0.29) is 10.6 Å². The third-order valence-corrected chi connectivity index (χ3v) is 9.66. The van der Waals surface area contributed by atoms with E-state index in [0.29, 0.717) is 41.0 Å². The van der Waals surface area contributed by atoms with Gasteiger partial charge in [0.25, 0.3) is 0 Å². The molecule has 1 aromatic carbocycles. The Morgan fingerprint density at radius 2 is 2.08 bits per heavy atom. The molecule has 2 aliphatic heterocycles. The molecule has 5 heterocycles. The Labute approximate surface area is 227 Å². The number of aromatic nitrogens is 3. The lowest BCUT2D eigenvalue weighted by Gasteiger charge is -2.27. The summed E-state index contributed by atoms with van der Waals surface area (Å²) in [6, 6.07) is 2.59. The second-order valence-corrected chi connectivity index (χ2v) is 11.9. The summed E-state index contributed by atoms with van der Waals surface area (Å²) in [6.07, 6.45) is 9.04. The first-order chi connectivity index (χ1) is 18.4. The van der Waals surface area contributed by atoms with Crippen LogP contribution in [0.4, 0.5) is 15.3 Å². The average Bonchev–Trinajstić information content (AvgIpc) is 3.63. The van der Waals surface area contributed by atoms with E-state index in [1.807, 2.05) is 6.20 Å². The first kappa shape index (κ1) is 25.4. The predicted molar refractivity (Wildman–Crippen MR) is 154 cm³/mol. The number of thiophene rings is 1. The van der Waals surface area contributed by atoms with E-state index in [2.05, 4.69) is 39.0 Å². The van der Waals surface area contributed by atoms with Gasteiger partial charge in [0.1, 0.15) is 11.1 Å². The Morgan fingerprint density at radius 3 is 2.87 bits per heavy atom. The molecule has 1 saturated heterocycles. The van der Waals surface area contributed by atoms with E-state index < -0.39 is 5.82 Å². The number of unbranched alkanes of at least 4 members (excludes halogenated alkanes) is 2. The van der Waals surface area contributed by atoms with Gasteiger partial charge in [0.2, 0.25) is 5.95 Å². The van der Waals surface area contributed by atoms with Crippen LogP contribution in [0, 0.1) is 23.1 Å². The number of ether oxygens (including phenoxy) is 1. The van der Waals surface area contributed by atoms with Crippen LogP contribution in [0.15, 0.2) is 12.4 Å². The fourth-order valence-corrected chi connectivity index (χ4v) is 7.52. The van der Waals surface area contributed by atoms with E-state index in [4.69, 9.17) is 20.4 Å². The number of fused-ring (bicyclic) bond motifs is 4. The first-order valence-electron chi connectivity index (χ1n) is 13.2. The lowest BCUT2D eigenvalue weighted by Crippen LogP contribution is -2.33. The number of hydrogen-bond acceptors (Lipinski definition) is 8. The standard InChI is InChI=1S/C28H30FN6OPS/c1-3-4-5-6-20-14(2)7-8-35(20)28-33-10-16-17-12-36-13-18(17)21(25(37)23(16)34-28)24-22-15(9-30)27(31)38-26(22)19(29)11-32-24/h10-11,14,20H,3-8,12-13,31,37H2,1-2H3. The largest absolute Gasteiger partial charge is 0.389 e. The molecule has 10 heteroatoms. The molecule has 3 aromatic heterocycles. The Hall–Kier alpha value is -2.92. The van der Waals surface area contributed by atoms with Crippen molar-refractivity contribution in [1.82, 2.24) is 15.0 Å². The summed E-state index contributed by atoms with van der Waals surface area (Å²) < 4.78 is 21.0. The molecule has 3 unspecified atom stereocenters. The van der Waals surface area contributed by atoms with Crippen molar-refractivity contribution >= 4 is 57.8 Å². The van der Waals surface area contributed by atoms with Gasteiger partial charge < -0.3 is 15.4 Å². The average molecular weight is 549 g/mol. The van der Waals surface area contributed by atoms with Gasteiger partial charge >= 0.3 is 0 Å². The maximum Gasteiger partial charge on any atom is 0.226 e. The molecule has 6 rings (SSSR count). The molecule has 7 nitrogen and oxygen atoms in total. The van der Waals surface area contributed by atoms with Gasteiger partial charge in [0.05, 0.1) is 40.9 Å². The summed E-state index contributed by atoms with van der Waals surface area (Å²) in [5.74, 6) is 0.852. The number of nitriles is 1. The highest BCUT2D eigenvalue weighted by Crippen LogP contribution is 2.43. The van der Waals surface area contributed by atoms with Crippen LogP contribution >= 0.6 is 20.6 Å². The Kier molecular flexibility index (Phi) is 6.67. The number of pyridine rings is 1. The van der Waals surface area contributed by atoms with Gasteiger partial charge in [-0.2, -0.15) is 5.26 Å². The molecule has 1 fully saturated rings. The number of nitrogens with two attached hydrogens (primary N) is 1. The SMILES string of the molecule is CCCCCC1C(C)CCN1c1ncc2c3c(c(-c4ncc(F)c5sc(N)c(C#N)c45)c(P)c2n1)COC3. The zero-order valence-corrected chi connectivity index (χ0v) is 23.5. The molecular formula is C28H30FN6OPS. The maximum atomic E-state index is 14.8. The van der Waals surface area contributed by atoms with E-state index in [9.17, 15) is 9.65 Å². The van der Waals surface area contributed by atoms with Gasteiger partial charge in [-0.15, -0.1) is 20.6 Å². The van der Waals surface area contributed by atoms with Crippen LogP contribution in [-0.2, 0) is 18.0 Å². The zero-order chi connectivity index (χ0) is 26.6. The Morgan fingerprint density at radius 1 is 1.26 bits per heavy atom. The van der Waals surface area contributed by atoms with Gasteiger partial charge in [-0.1, -0.05) is 33.1 Å². The van der Waals surface area contributed by atoms with Crippen LogP contribution in [0.25, 0.3) is 32.2 Å².